The Labute approximate surface area is 162 Å². The van der Waals surface area contributed by atoms with Crippen molar-refractivity contribution in [3.8, 4) is 0 Å². The van der Waals surface area contributed by atoms with E-state index in [0.717, 1.165) is 17.7 Å². The number of hydrogen-bond acceptors (Lipinski definition) is 3. The molecule has 0 aliphatic carbocycles. The van der Waals surface area contributed by atoms with Crippen LogP contribution in [0, 0.1) is 0 Å². The normalized spacial score (nSPS) is 20.4. The fraction of sp³-hybridized carbons (Fsp3) is 0.381. The highest BCUT2D eigenvalue weighted by atomic mass is 19.4. The summed E-state index contributed by atoms with van der Waals surface area (Å²) in [5, 5.41) is 0. The molecule has 2 aromatic carbocycles. The van der Waals surface area contributed by atoms with Gasteiger partial charge in [0.2, 0.25) is 0 Å². The van der Waals surface area contributed by atoms with Gasteiger partial charge < -0.3 is 14.5 Å². The zero-order valence-corrected chi connectivity index (χ0v) is 15.8. The SMILES string of the molecule is CN(C)C[C@@H]1OCCN(C(=O)c2ccc(C(F)(F)F)cc2)[C@H]1c1ccccc1. The Hall–Kier alpha value is -2.38. The van der Waals surface area contributed by atoms with Crippen LogP contribution in [0.4, 0.5) is 13.2 Å². The Morgan fingerprint density at radius 3 is 2.32 bits per heavy atom. The highest BCUT2D eigenvalue weighted by Gasteiger charge is 2.37. The van der Waals surface area contributed by atoms with Crippen molar-refractivity contribution >= 4 is 5.91 Å². The molecule has 1 aliphatic heterocycles. The predicted molar refractivity (Wildman–Crippen MR) is 100.0 cm³/mol. The first-order valence-corrected chi connectivity index (χ1v) is 9.07. The van der Waals surface area contributed by atoms with Gasteiger partial charge in [-0.05, 0) is 43.9 Å². The molecule has 0 N–H and O–H groups in total. The van der Waals surface area contributed by atoms with Gasteiger partial charge in [0, 0.05) is 18.7 Å². The van der Waals surface area contributed by atoms with Gasteiger partial charge in [0.05, 0.1) is 24.3 Å². The zero-order chi connectivity index (χ0) is 20.3. The maximum absolute atomic E-state index is 13.2. The first kappa shape index (κ1) is 20.4. The van der Waals surface area contributed by atoms with E-state index in [9.17, 15) is 18.0 Å². The predicted octanol–water partition coefficient (Wildman–Crippen LogP) is 3.85. The molecule has 0 aromatic heterocycles. The molecule has 3 rings (SSSR count). The summed E-state index contributed by atoms with van der Waals surface area (Å²) in [6.45, 7) is 1.38. The van der Waals surface area contributed by atoms with Crippen LogP contribution in [0.25, 0.3) is 0 Å². The summed E-state index contributed by atoms with van der Waals surface area (Å²) >= 11 is 0. The van der Waals surface area contributed by atoms with E-state index in [0.29, 0.717) is 19.7 Å². The van der Waals surface area contributed by atoms with Crippen LogP contribution < -0.4 is 0 Å². The van der Waals surface area contributed by atoms with Crippen LogP contribution in [0.1, 0.15) is 27.5 Å². The van der Waals surface area contributed by atoms with E-state index in [2.05, 4.69) is 0 Å². The lowest BCUT2D eigenvalue weighted by atomic mass is 9.96. The van der Waals surface area contributed by atoms with Crippen molar-refractivity contribution in [3.05, 3.63) is 71.3 Å². The van der Waals surface area contributed by atoms with Crippen LogP contribution in [0.5, 0.6) is 0 Å². The van der Waals surface area contributed by atoms with Crippen molar-refractivity contribution in [2.24, 2.45) is 0 Å². The fourth-order valence-corrected chi connectivity index (χ4v) is 3.49. The number of alkyl halides is 3. The molecule has 1 amide bonds. The van der Waals surface area contributed by atoms with Crippen LogP contribution in [0.3, 0.4) is 0 Å². The second kappa shape index (κ2) is 8.32. The number of morpholine rings is 1. The number of carbonyl (C=O) groups is 1. The van der Waals surface area contributed by atoms with Gasteiger partial charge in [-0.3, -0.25) is 4.79 Å². The van der Waals surface area contributed by atoms with Crippen molar-refractivity contribution in [2.75, 3.05) is 33.8 Å². The Bertz CT molecular complexity index is 792. The largest absolute Gasteiger partial charge is 0.416 e. The molecule has 2 aromatic rings. The minimum Gasteiger partial charge on any atom is -0.373 e. The minimum atomic E-state index is -4.43. The quantitative estimate of drug-likeness (QED) is 0.793. The monoisotopic (exact) mass is 392 g/mol. The van der Waals surface area contributed by atoms with Gasteiger partial charge in [-0.1, -0.05) is 30.3 Å². The van der Waals surface area contributed by atoms with Crippen molar-refractivity contribution in [1.82, 2.24) is 9.80 Å². The average Bonchev–Trinajstić information content (AvgIpc) is 2.67. The van der Waals surface area contributed by atoms with E-state index in [1.165, 1.54) is 12.1 Å². The molecule has 1 saturated heterocycles. The Morgan fingerprint density at radius 2 is 1.75 bits per heavy atom. The van der Waals surface area contributed by atoms with Crippen LogP contribution >= 0.6 is 0 Å². The smallest absolute Gasteiger partial charge is 0.373 e. The van der Waals surface area contributed by atoms with E-state index in [1.807, 2.05) is 49.3 Å². The van der Waals surface area contributed by atoms with E-state index in [1.54, 1.807) is 4.90 Å². The zero-order valence-electron chi connectivity index (χ0n) is 15.8. The van der Waals surface area contributed by atoms with Gasteiger partial charge >= 0.3 is 6.18 Å². The molecule has 28 heavy (non-hydrogen) atoms. The molecule has 0 saturated carbocycles. The minimum absolute atomic E-state index is 0.232. The van der Waals surface area contributed by atoms with E-state index < -0.39 is 11.7 Å². The molecule has 0 unspecified atom stereocenters. The average molecular weight is 392 g/mol. The number of likely N-dealkylation sites (N-methyl/N-ethyl adjacent to an activating group) is 1. The Balaban J connectivity index is 1.91. The summed E-state index contributed by atoms with van der Waals surface area (Å²) in [5.41, 5.74) is 0.407. The lowest BCUT2D eigenvalue weighted by molar-refractivity contribution is -0.137. The van der Waals surface area contributed by atoms with Gasteiger partial charge in [-0.15, -0.1) is 0 Å². The van der Waals surface area contributed by atoms with Gasteiger partial charge in [0.25, 0.3) is 5.91 Å². The van der Waals surface area contributed by atoms with E-state index in [-0.39, 0.29) is 23.6 Å². The van der Waals surface area contributed by atoms with Crippen molar-refractivity contribution < 1.29 is 22.7 Å². The number of nitrogens with zero attached hydrogens (tertiary/aromatic N) is 2. The molecule has 0 spiro atoms. The molecule has 2 atom stereocenters. The second-order valence-electron chi connectivity index (χ2n) is 7.10. The Kier molecular flexibility index (Phi) is 6.05. The molecule has 7 heteroatoms. The van der Waals surface area contributed by atoms with Gasteiger partial charge in [-0.2, -0.15) is 13.2 Å². The third-order valence-corrected chi connectivity index (χ3v) is 4.76. The lowest BCUT2D eigenvalue weighted by Gasteiger charge is -2.42. The maximum atomic E-state index is 13.2. The van der Waals surface area contributed by atoms with E-state index >= 15 is 0 Å². The molecule has 4 nitrogen and oxygen atoms in total. The molecule has 1 heterocycles. The summed E-state index contributed by atoms with van der Waals surface area (Å²) in [7, 11) is 3.87. The first-order chi connectivity index (χ1) is 13.3. The van der Waals surface area contributed by atoms with Crippen LogP contribution in [-0.2, 0) is 10.9 Å². The number of hydrogen-bond donors (Lipinski definition) is 0. The number of halogens is 3. The molecular formula is C21H23F3N2O2. The molecule has 1 aliphatic rings. The number of ether oxygens (including phenoxy) is 1. The number of amides is 1. The van der Waals surface area contributed by atoms with E-state index in [4.69, 9.17) is 4.74 Å². The number of rotatable bonds is 4. The van der Waals surface area contributed by atoms with Crippen LogP contribution in [-0.4, -0.2) is 55.6 Å². The summed E-state index contributed by atoms with van der Waals surface area (Å²) in [4.78, 5) is 16.8. The number of benzene rings is 2. The van der Waals surface area contributed by atoms with Crippen molar-refractivity contribution in [1.29, 1.82) is 0 Å². The summed E-state index contributed by atoms with van der Waals surface area (Å²) in [6.07, 6.45) is -4.66. The maximum Gasteiger partial charge on any atom is 0.416 e. The second-order valence-corrected chi connectivity index (χ2v) is 7.10. The third kappa shape index (κ3) is 4.54. The lowest BCUT2D eigenvalue weighted by Crippen LogP contribution is -2.51. The Morgan fingerprint density at radius 1 is 1.11 bits per heavy atom. The summed E-state index contributed by atoms with van der Waals surface area (Å²) < 4.78 is 44.4. The van der Waals surface area contributed by atoms with Gasteiger partial charge in [0.1, 0.15) is 0 Å². The molecule has 150 valence electrons. The summed E-state index contributed by atoms with van der Waals surface area (Å²) in [6, 6.07) is 13.6. The number of carbonyl (C=O) groups excluding carboxylic acids is 1. The van der Waals surface area contributed by atoms with Crippen molar-refractivity contribution in [3.63, 3.8) is 0 Å². The highest BCUT2D eigenvalue weighted by Crippen LogP contribution is 2.33. The van der Waals surface area contributed by atoms with Gasteiger partial charge in [-0.25, -0.2) is 0 Å². The topological polar surface area (TPSA) is 32.8 Å². The van der Waals surface area contributed by atoms with Gasteiger partial charge in [0.15, 0.2) is 0 Å². The highest BCUT2D eigenvalue weighted by molar-refractivity contribution is 5.94. The molecule has 0 bridgehead atoms. The first-order valence-electron chi connectivity index (χ1n) is 9.07. The van der Waals surface area contributed by atoms with Crippen molar-refractivity contribution in [2.45, 2.75) is 18.3 Å². The molecule has 0 radical (unpaired) electrons. The van der Waals surface area contributed by atoms with Crippen LogP contribution in [0.2, 0.25) is 0 Å². The summed E-state index contributed by atoms with van der Waals surface area (Å²) in [5.74, 6) is -0.297. The van der Waals surface area contributed by atoms with Crippen LogP contribution in [0.15, 0.2) is 54.6 Å². The standard InChI is InChI=1S/C21H23F3N2O2/c1-25(2)14-18-19(15-6-4-3-5-7-15)26(12-13-28-18)20(27)16-8-10-17(11-9-16)21(22,23)24/h3-11,18-19H,12-14H2,1-2H3/t18-,19-/m0/s1. The fourth-order valence-electron chi connectivity index (χ4n) is 3.49. The third-order valence-electron chi connectivity index (χ3n) is 4.76. The molecular weight excluding hydrogens is 369 g/mol. The molecule has 1 fully saturated rings.